The minimum Gasteiger partial charge on any atom is -0.309 e. The van der Waals surface area contributed by atoms with Crippen LogP contribution in [0.3, 0.4) is 0 Å². The maximum absolute atomic E-state index is 13.7. The number of rotatable bonds is 7. The molecule has 0 saturated carbocycles. The van der Waals surface area contributed by atoms with Crippen LogP contribution >= 0.6 is 11.8 Å². The fourth-order valence-electron chi connectivity index (χ4n) is 1.60. The van der Waals surface area contributed by atoms with Crippen molar-refractivity contribution in [1.82, 2.24) is 5.32 Å². The van der Waals surface area contributed by atoms with Gasteiger partial charge in [0.1, 0.15) is 11.6 Å². The highest BCUT2D eigenvalue weighted by Gasteiger charge is 2.15. The first-order chi connectivity index (χ1) is 8.19. The van der Waals surface area contributed by atoms with Crippen molar-refractivity contribution in [1.29, 1.82) is 0 Å². The van der Waals surface area contributed by atoms with Gasteiger partial charge >= 0.3 is 0 Å². The Hall–Kier alpha value is -0.610. The lowest BCUT2D eigenvalue weighted by Crippen LogP contribution is -2.25. The molecule has 0 bridgehead atoms. The Bertz CT molecular complexity index is 336. The van der Waals surface area contributed by atoms with E-state index in [0.717, 1.165) is 30.5 Å². The monoisotopic (exact) mass is 259 g/mol. The predicted molar refractivity (Wildman–Crippen MR) is 70.4 cm³/mol. The molecular weight excluding hydrogens is 240 g/mol. The van der Waals surface area contributed by atoms with Crippen molar-refractivity contribution in [3.8, 4) is 0 Å². The molecule has 0 fully saturated rings. The lowest BCUT2D eigenvalue weighted by atomic mass is 10.1. The van der Waals surface area contributed by atoms with E-state index in [1.165, 1.54) is 12.1 Å². The van der Waals surface area contributed by atoms with Gasteiger partial charge < -0.3 is 5.32 Å². The molecule has 1 unspecified atom stereocenters. The van der Waals surface area contributed by atoms with Crippen molar-refractivity contribution in [2.75, 3.05) is 18.1 Å². The van der Waals surface area contributed by atoms with Gasteiger partial charge in [-0.05, 0) is 24.8 Å². The van der Waals surface area contributed by atoms with Crippen LogP contribution in [-0.4, -0.2) is 18.1 Å². The summed E-state index contributed by atoms with van der Waals surface area (Å²) in [6, 6.07) is 3.76. The van der Waals surface area contributed by atoms with Crippen molar-refractivity contribution in [3.05, 3.63) is 35.4 Å². The minimum absolute atomic E-state index is 0.0412. The summed E-state index contributed by atoms with van der Waals surface area (Å²) in [6.07, 6.45) is 0.996. The van der Waals surface area contributed by atoms with Gasteiger partial charge in [0, 0.05) is 23.4 Å². The molecule has 1 N–H and O–H groups in total. The van der Waals surface area contributed by atoms with Crippen molar-refractivity contribution in [2.45, 2.75) is 26.3 Å². The van der Waals surface area contributed by atoms with Crippen LogP contribution in [-0.2, 0) is 0 Å². The Morgan fingerprint density at radius 2 is 2.06 bits per heavy atom. The summed E-state index contributed by atoms with van der Waals surface area (Å²) in [7, 11) is 0. The summed E-state index contributed by atoms with van der Waals surface area (Å²) >= 11 is 1.75. The van der Waals surface area contributed by atoms with Crippen LogP contribution in [0.1, 0.15) is 31.9 Å². The van der Waals surface area contributed by atoms with Crippen molar-refractivity contribution >= 4 is 11.8 Å². The molecule has 96 valence electrons. The van der Waals surface area contributed by atoms with E-state index in [-0.39, 0.29) is 6.04 Å². The van der Waals surface area contributed by atoms with E-state index in [9.17, 15) is 8.78 Å². The Morgan fingerprint density at radius 1 is 1.29 bits per heavy atom. The Balaban J connectivity index is 2.79. The fourth-order valence-corrected chi connectivity index (χ4v) is 2.37. The van der Waals surface area contributed by atoms with Crippen LogP contribution < -0.4 is 5.32 Å². The van der Waals surface area contributed by atoms with Crippen molar-refractivity contribution in [3.63, 3.8) is 0 Å². The predicted octanol–water partition coefficient (Wildman–Crippen LogP) is 3.76. The summed E-state index contributed by atoms with van der Waals surface area (Å²) in [5, 5.41) is 3.30. The number of benzene rings is 1. The van der Waals surface area contributed by atoms with Crippen molar-refractivity contribution < 1.29 is 8.78 Å². The zero-order chi connectivity index (χ0) is 12.7. The fraction of sp³-hybridized carbons (Fsp3) is 0.538. The van der Waals surface area contributed by atoms with E-state index in [0.29, 0.717) is 5.56 Å². The first-order valence-corrected chi connectivity index (χ1v) is 7.10. The maximum Gasteiger partial charge on any atom is 0.130 e. The quantitative estimate of drug-likeness (QED) is 0.800. The number of thioether (sulfide) groups is 1. The average Bonchev–Trinajstić information content (AvgIpc) is 2.30. The first kappa shape index (κ1) is 14.5. The first-order valence-electron chi connectivity index (χ1n) is 5.95. The molecule has 1 rings (SSSR count). The molecule has 1 atom stereocenters. The molecule has 0 aromatic heterocycles. The van der Waals surface area contributed by atoms with Gasteiger partial charge in [0.2, 0.25) is 0 Å². The van der Waals surface area contributed by atoms with E-state index in [1.807, 2.05) is 0 Å². The maximum atomic E-state index is 13.7. The minimum atomic E-state index is -0.524. The summed E-state index contributed by atoms with van der Waals surface area (Å²) in [4.78, 5) is 0. The average molecular weight is 259 g/mol. The van der Waals surface area contributed by atoms with Crippen LogP contribution in [0.2, 0.25) is 0 Å². The highest BCUT2D eigenvalue weighted by atomic mass is 32.2. The number of nitrogens with one attached hydrogen (secondary N) is 1. The molecule has 17 heavy (non-hydrogen) atoms. The summed E-state index contributed by atoms with van der Waals surface area (Å²) in [5.41, 5.74) is 0.556. The molecule has 0 saturated heterocycles. The lowest BCUT2D eigenvalue weighted by Gasteiger charge is -2.19. The second kappa shape index (κ2) is 7.67. The van der Waals surface area contributed by atoms with Gasteiger partial charge in [-0.15, -0.1) is 0 Å². The second-order valence-electron chi connectivity index (χ2n) is 3.83. The zero-order valence-corrected chi connectivity index (χ0v) is 11.1. The SMILES string of the molecule is CCCNC(CSCC)c1ccc(F)cc1F. The smallest absolute Gasteiger partial charge is 0.130 e. The number of hydrogen-bond donors (Lipinski definition) is 1. The number of hydrogen-bond acceptors (Lipinski definition) is 2. The zero-order valence-electron chi connectivity index (χ0n) is 10.3. The molecule has 1 nitrogen and oxygen atoms in total. The standard InChI is InChI=1S/C13H19F2NS/c1-3-7-16-13(9-17-4-2)11-6-5-10(14)8-12(11)15/h5-6,8,13,16H,3-4,7,9H2,1-2H3. The van der Waals surface area contributed by atoms with Gasteiger partial charge in [-0.3, -0.25) is 0 Å². The third-order valence-electron chi connectivity index (χ3n) is 2.47. The highest BCUT2D eigenvalue weighted by Crippen LogP contribution is 2.22. The van der Waals surface area contributed by atoms with Gasteiger partial charge in [-0.2, -0.15) is 11.8 Å². The highest BCUT2D eigenvalue weighted by molar-refractivity contribution is 7.99. The van der Waals surface area contributed by atoms with Gasteiger partial charge in [-0.1, -0.05) is 19.9 Å². The van der Waals surface area contributed by atoms with Gasteiger partial charge in [-0.25, -0.2) is 8.78 Å². The van der Waals surface area contributed by atoms with Crippen molar-refractivity contribution in [2.24, 2.45) is 0 Å². The molecule has 0 aliphatic heterocycles. The van der Waals surface area contributed by atoms with Gasteiger partial charge in [0.15, 0.2) is 0 Å². The molecule has 1 aromatic carbocycles. The largest absolute Gasteiger partial charge is 0.309 e. The van der Waals surface area contributed by atoms with Crippen LogP contribution in [0.5, 0.6) is 0 Å². The van der Waals surface area contributed by atoms with Gasteiger partial charge in [0.25, 0.3) is 0 Å². The van der Waals surface area contributed by atoms with Crippen LogP contribution in [0.25, 0.3) is 0 Å². The van der Waals surface area contributed by atoms with Crippen LogP contribution in [0, 0.1) is 11.6 Å². The van der Waals surface area contributed by atoms with Crippen LogP contribution in [0.15, 0.2) is 18.2 Å². The summed E-state index contributed by atoms with van der Waals surface area (Å²) in [6.45, 7) is 4.98. The summed E-state index contributed by atoms with van der Waals surface area (Å²) in [5.74, 6) is 0.811. The summed E-state index contributed by atoms with van der Waals surface area (Å²) < 4.78 is 26.5. The molecule has 0 radical (unpaired) electrons. The second-order valence-corrected chi connectivity index (χ2v) is 5.15. The molecule has 1 aromatic rings. The molecule has 0 heterocycles. The lowest BCUT2D eigenvalue weighted by molar-refractivity contribution is 0.521. The third kappa shape index (κ3) is 4.64. The molecule has 0 amide bonds. The number of halogens is 2. The Kier molecular flexibility index (Phi) is 6.52. The van der Waals surface area contributed by atoms with E-state index >= 15 is 0 Å². The van der Waals surface area contributed by atoms with E-state index < -0.39 is 11.6 Å². The van der Waals surface area contributed by atoms with E-state index in [1.54, 1.807) is 11.8 Å². The van der Waals surface area contributed by atoms with E-state index in [2.05, 4.69) is 19.2 Å². The third-order valence-corrected chi connectivity index (χ3v) is 3.44. The Morgan fingerprint density at radius 3 is 2.65 bits per heavy atom. The topological polar surface area (TPSA) is 12.0 Å². The van der Waals surface area contributed by atoms with Gasteiger partial charge in [0.05, 0.1) is 0 Å². The Labute approximate surface area is 106 Å². The molecule has 0 aliphatic carbocycles. The molecule has 0 spiro atoms. The van der Waals surface area contributed by atoms with Crippen LogP contribution in [0.4, 0.5) is 8.78 Å². The normalized spacial score (nSPS) is 12.7. The molecular formula is C13H19F2NS. The molecule has 4 heteroatoms. The van der Waals surface area contributed by atoms with E-state index in [4.69, 9.17) is 0 Å². The molecule has 0 aliphatic rings.